The molecule has 15 heavy (non-hydrogen) atoms. The van der Waals surface area contributed by atoms with E-state index in [2.05, 4.69) is 6.92 Å². The number of carbonyl (C=O) groups is 1. The van der Waals surface area contributed by atoms with E-state index in [1.165, 1.54) is 25.7 Å². The summed E-state index contributed by atoms with van der Waals surface area (Å²) < 4.78 is 5.87. The summed E-state index contributed by atoms with van der Waals surface area (Å²) in [5.41, 5.74) is -0.0216. The van der Waals surface area contributed by atoms with Gasteiger partial charge in [-0.25, -0.2) is 0 Å². The molecule has 2 aliphatic carbocycles. The molecule has 0 aromatic heterocycles. The van der Waals surface area contributed by atoms with Crippen LogP contribution < -0.4 is 0 Å². The molecule has 0 N–H and O–H groups in total. The molecule has 0 amide bonds. The second-order valence-corrected chi connectivity index (χ2v) is 5.06. The Kier molecular flexibility index (Phi) is 3.45. The lowest BCUT2D eigenvalue weighted by Crippen LogP contribution is -2.53. The van der Waals surface area contributed by atoms with Crippen LogP contribution in [0.4, 0.5) is 0 Å². The van der Waals surface area contributed by atoms with Crippen molar-refractivity contribution in [2.24, 2.45) is 5.41 Å². The Balaban J connectivity index is 1.76. The minimum Gasteiger partial charge on any atom is -0.377 e. The number of carbonyl (C=O) groups excluding carboxylic acids is 1. The third-order valence-corrected chi connectivity index (χ3v) is 4.11. The molecule has 2 rings (SSSR count). The maximum absolute atomic E-state index is 11.7. The van der Waals surface area contributed by atoms with Gasteiger partial charge in [0.1, 0.15) is 5.78 Å². The SMILES string of the molecule is CCCCCOC1CC(=O)C12CCCC2. The van der Waals surface area contributed by atoms with Crippen LogP contribution in [0.3, 0.4) is 0 Å². The van der Waals surface area contributed by atoms with E-state index in [9.17, 15) is 4.79 Å². The average Bonchev–Trinajstić information content (AvgIpc) is 2.74. The van der Waals surface area contributed by atoms with E-state index in [0.29, 0.717) is 12.2 Å². The molecule has 2 aliphatic rings. The van der Waals surface area contributed by atoms with E-state index in [4.69, 9.17) is 4.74 Å². The van der Waals surface area contributed by atoms with Crippen LogP contribution in [0, 0.1) is 5.41 Å². The van der Waals surface area contributed by atoms with Crippen LogP contribution >= 0.6 is 0 Å². The van der Waals surface area contributed by atoms with Gasteiger partial charge in [0.2, 0.25) is 0 Å². The molecular formula is C13H22O2. The molecule has 0 radical (unpaired) electrons. The van der Waals surface area contributed by atoms with Crippen molar-refractivity contribution in [1.29, 1.82) is 0 Å². The van der Waals surface area contributed by atoms with Gasteiger partial charge in [0.25, 0.3) is 0 Å². The number of hydrogen-bond donors (Lipinski definition) is 0. The highest BCUT2D eigenvalue weighted by Crippen LogP contribution is 2.51. The summed E-state index contributed by atoms with van der Waals surface area (Å²) in [6.45, 7) is 3.05. The zero-order chi connectivity index (χ0) is 10.7. The maximum atomic E-state index is 11.7. The number of Topliss-reactive ketones (excluding diaryl/α,β-unsaturated/α-hetero) is 1. The molecule has 86 valence electrons. The monoisotopic (exact) mass is 210 g/mol. The van der Waals surface area contributed by atoms with E-state index >= 15 is 0 Å². The molecule has 0 heterocycles. The van der Waals surface area contributed by atoms with Crippen LogP contribution in [0.2, 0.25) is 0 Å². The predicted octanol–water partition coefficient (Wildman–Crippen LogP) is 3.10. The first kappa shape index (κ1) is 11.1. The van der Waals surface area contributed by atoms with Gasteiger partial charge < -0.3 is 4.74 Å². The van der Waals surface area contributed by atoms with Crippen LogP contribution in [-0.4, -0.2) is 18.5 Å². The maximum Gasteiger partial charge on any atom is 0.144 e. The summed E-state index contributed by atoms with van der Waals surface area (Å²) >= 11 is 0. The van der Waals surface area contributed by atoms with Gasteiger partial charge in [-0.05, 0) is 19.3 Å². The highest BCUT2D eigenvalue weighted by Gasteiger charge is 2.56. The molecule has 2 fully saturated rings. The number of ketones is 1. The van der Waals surface area contributed by atoms with Gasteiger partial charge in [0, 0.05) is 13.0 Å². The Morgan fingerprint density at radius 2 is 2.07 bits per heavy atom. The van der Waals surface area contributed by atoms with Gasteiger partial charge >= 0.3 is 0 Å². The zero-order valence-electron chi connectivity index (χ0n) is 9.76. The molecule has 1 unspecified atom stereocenters. The minimum atomic E-state index is -0.0216. The molecule has 1 spiro atoms. The predicted molar refractivity (Wildman–Crippen MR) is 59.8 cm³/mol. The highest BCUT2D eigenvalue weighted by atomic mass is 16.5. The van der Waals surface area contributed by atoms with Crippen LogP contribution in [0.25, 0.3) is 0 Å². The van der Waals surface area contributed by atoms with Crippen LogP contribution in [0.15, 0.2) is 0 Å². The molecule has 1 atom stereocenters. The van der Waals surface area contributed by atoms with Crippen LogP contribution in [-0.2, 0) is 9.53 Å². The second-order valence-electron chi connectivity index (χ2n) is 5.06. The van der Waals surface area contributed by atoms with Crippen molar-refractivity contribution in [3.8, 4) is 0 Å². The highest BCUT2D eigenvalue weighted by molar-refractivity contribution is 5.92. The Morgan fingerprint density at radius 1 is 1.33 bits per heavy atom. The van der Waals surface area contributed by atoms with Crippen molar-refractivity contribution in [2.45, 2.75) is 64.4 Å². The smallest absolute Gasteiger partial charge is 0.144 e. The van der Waals surface area contributed by atoms with Gasteiger partial charge in [0.15, 0.2) is 0 Å². The quantitative estimate of drug-likeness (QED) is 0.652. The van der Waals surface area contributed by atoms with Gasteiger partial charge in [-0.15, -0.1) is 0 Å². The van der Waals surface area contributed by atoms with Crippen molar-refractivity contribution in [3.63, 3.8) is 0 Å². The number of hydrogen-bond acceptors (Lipinski definition) is 2. The average molecular weight is 210 g/mol. The fourth-order valence-corrected chi connectivity index (χ4v) is 3.02. The fraction of sp³-hybridized carbons (Fsp3) is 0.923. The van der Waals surface area contributed by atoms with Crippen molar-refractivity contribution < 1.29 is 9.53 Å². The molecule has 0 aromatic carbocycles. The van der Waals surface area contributed by atoms with E-state index in [0.717, 1.165) is 25.9 Å². The Bertz CT molecular complexity index is 229. The summed E-state index contributed by atoms with van der Waals surface area (Å²) in [7, 11) is 0. The number of unbranched alkanes of at least 4 members (excludes halogenated alkanes) is 2. The van der Waals surface area contributed by atoms with Gasteiger partial charge in [0.05, 0.1) is 11.5 Å². The number of ether oxygens (including phenoxy) is 1. The lowest BCUT2D eigenvalue weighted by atomic mass is 9.63. The van der Waals surface area contributed by atoms with Crippen LogP contribution in [0.1, 0.15) is 58.3 Å². The molecule has 2 nitrogen and oxygen atoms in total. The first-order valence-corrected chi connectivity index (χ1v) is 6.44. The normalized spacial score (nSPS) is 28.3. The van der Waals surface area contributed by atoms with Gasteiger partial charge in [-0.2, -0.15) is 0 Å². The standard InChI is InChI=1S/C13H22O2/c1-2-3-6-9-15-12-10-11(14)13(12)7-4-5-8-13/h12H,2-10H2,1H3. The minimum absolute atomic E-state index is 0.0216. The first-order valence-electron chi connectivity index (χ1n) is 6.44. The van der Waals surface area contributed by atoms with E-state index < -0.39 is 0 Å². The van der Waals surface area contributed by atoms with Crippen molar-refractivity contribution in [1.82, 2.24) is 0 Å². The van der Waals surface area contributed by atoms with E-state index in [1.54, 1.807) is 0 Å². The first-order chi connectivity index (χ1) is 7.29. The lowest BCUT2D eigenvalue weighted by Gasteiger charge is -2.44. The molecule has 0 bridgehead atoms. The second kappa shape index (κ2) is 4.65. The van der Waals surface area contributed by atoms with Gasteiger partial charge in [-0.3, -0.25) is 4.79 Å². The summed E-state index contributed by atoms with van der Waals surface area (Å²) in [4.78, 5) is 11.7. The summed E-state index contributed by atoms with van der Waals surface area (Å²) in [5.74, 6) is 0.473. The summed E-state index contributed by atoms with van der Waals surface area (Å²) in [6, 6.07) is 0. The van der Waals surface area contributed by atoms with Crippen LogP contribution in [0.5, 0.6) is 0 Å². The molecule has 2 saturated carbocycles. The topological polar surface area (TPSA) is 26.3 Å². The zero-order valence-corrected chi connectivity index (χ0v) is 9.76. The van der Waals surface area contributed by atoms with Gasteiger partial charge in [-0.1, -0.05) is 32.6 Å². The third-order valence-electron chi connectivity index (χ3n) is 4.11. The van der Waals surface area contributed by atoms with E-state index in [-0.39, 0.29) is 11.5 Å². The molecule has 0 saturated heterocycles. The molecule has 2 heteroatoms. The van der Waals surface area contributed by atoms with Crippen molar-refractivity contribution in [2.75, 3.05) is 6.61 Å². The Morgan fingerprint density at radius 3 is 2.67 bits per heavy atom. The Hall–Kier alpha value is -0.370. The van der Waals surface area contributed by atoms with Crippen molar-refractivity contribution in [3.05, 3.63) is 0 Å². The summed E-state index contributed by atoms with van der Waals surface area (Å²) in [5, 5.41) is 0. The van der Waals surface area contributed by atoms with Crippen molar-refractivity contribution >= 4 is 5.78 Å². The fourth-order valence-electron chi connectivity index (χ4n) is 3.02. The molecule has 0 aliphatic heterocycles. The molecule has 0 aromatic rings. The van der Waals surface area contributed by atoms with E-state index in [1.807, 2.05) is 0 Å². The molecular weight excluding hydrogens is 188 g/mol. The largest absolute Gasteiger partial charge is 0.377 e. The third kappa shape index (κ3) is 1.96. The lowest BCUT2D eigenvalue weighted by molar-refractivity contribution is -0.162. The summed E-state index contributed by atoms with van der Waals surface area (Å²) in [6.07, 6.45) is 9.20. The Labute approximate surface area is 92.4 Å². The number of rotatable bonds is 5.